The van der Waals surface area contributed by atoms with Gasteiger partial charge >= 0.3 is 0 Å². The minimum atomic E-state index is 0.958. The number of terminal acetylenes is 1. The Morgan fingerprint density at radius 1 is 1.10 bits per heavy atom. The third kappa shape index (κ3) is 15.6. The average Bonchev–Trinajstić information content (AvgIpc) is 2.02. The Balaban J connectivity index is 0. The SMILES string of the molecule is C#CCCCCCC.CC. The summed E-state index contributed by atoms with van der Waals surface area (Å²) in [7, 11) is 0. The zero-order valence-electron chi connectivity index (χ0n) is 7.61. The number of hydrogen-bond acceptors (Lipinski definition) is 0. The van der Waals surface area contributed by atoms with Gasteiger partial charge in [-0.25, -0.2) is 0 Å². The highest BCUT2D eigenvalue weighted by molar-refractivity contribution is 4.82. The highest BCUT2D eigenvalue weighted by Crippen LogP contribution is 2.00. The van der Waals surface area contributed by atoms with Gasteiger partial charge in [-0.15, -0.1) is 12.3 Å². The van der Waals surface area contributed by atoms with E-state index in [0.717, 1.165) is 6.42 Å². The molecule has 0 unspecified atom stereocenters. The van der Waals surface area contributed by atoms with Gasteiger partial charge in [0, 0.05) is 6.42 Å². The highest BCUT2D eigenvalue weighted by atomic mass is 13.9. The first kappa shape index (κ1) is 12.3. The lowest BCUT2D eigenvalue weighted by Crippen LogP contribution is -1.72. The van der Waals surface area contributed by atoms with Crippen LogP contribution in [-0.4, -0.2) is 0 Å². The largest absolute Gasteiger partial charge is 0.120 e. The Labute approximate surface area is 66.0 Å². The fourth-order valence-electron chi connectivity index (χ4n) is 0.654. The van der Waals surface area contributed by atoms with E-state index in [0.29, 0.717) is 0 Å². The van der Waals surface area contributed by atoms with Crippen molar-refractivity contribution in [2.75, 3.05) is 0 Å². The van der Waals surface area contributed by atoms with Crippen molar-refractivity contribution >= 4 is 0 Å². The molecule has 0 aromatic rings. The first-order chi connectivity index (χ1) is 4.91. The summed E-state index contributed by atoms with van der Waals surface area (Å²) in [5.41, 5.74) is 0. The molecule has 0 amide bonds. The van der Waals surface area contributed by atoms with E-state index in [1.165, 1.54) is 25.7 Å². The summed E-state index contributed by atoms with van der Waals surface area (Å²) in [5, 5.41) is 0. The van der Waals surface area contributed by atoms with Crippen molar-refractivity contribution < 1.29 is 0 Å². The average molecular weight is 140 g/mol. The molecule has 60 valence electrons. The van der Waals surface area contributed by atoms with Crippen molar-refractivity contribution in [1.29, 1.82) is 0 Å². The van der Waals surface area contributed by atoms with Crippen LogP contribution in [0.1, 0.15) is 52.9 Å². The molecule has 0 heteroatoms. The van der Waals surface area contributed by atoms with Gasteiger partial charge in [0.2, 0.25) is 0 Å². The van der Waals surface area contributed by atoms with E-state index >= 15 is 0 Å². The summed E-state index contributed by atoms with van der Waals surface area (Å²) in [5.74, 6) is 2.63. The number of rotatable bonds is 4. The third-order valence-corrected chi connectivity index (χ3v) is 1.17. The lowest BCUT2D eigenvalue weighted by molar-refractivity contribution is 0.680. The molecule has 0 aliphatic rings. The summed E-state index contributed by atoms with van der Waals surface area (Å²) in [6.07, 6.45) is 11.2. The zero-order chi connectivity index (χ0) is 8.24. The van der Waals surface area contributed by atoms with Crippen molar-refractivity contribution in [3.05, 3.63) is 0 Å². The molecule has 0 aliphatic heterocycles. The van der Waals surface area contributed by atoms with Gasteiger partial charge in [-0.3, -0.25) is 0 Å². The van der Waals surface area contributed by atoms with Gasteiger partial charge in [0.15, 0.2) is 0 Å². The molecular weight excluding hydrogens is 120 g/mol. The Morgan fingerprint density at radius 2 is 1.70 bits per heavy atom. The van der Waals surface area contributed by atoms with Crippen LogP contribution in [0.2, 0.25) is 0 Å². The van der Waals surface area contributed by atoms with Crippen LogP contribution in [0.25, 0.3) is 0 Å². The third-order valence-electron chi connectivity index (χ3n) is 1.17. The summed E-state index contributed by atoms with van der Waals surface area (Å²) in [6, 6.07) is 0. The second-order valence-electron chi connectivity index (χ2n) is 2.01. The van der Waals surface area contributed by atoms with Crippen molar-refractivity contribution in [2.45, 2.75) is 52.9 Å². The van der Waals surface area contributed by atoms with E-state index in [1.807, 2.05) is 13.8 Å². The molecule has 0 rings (SSSR count). The number of unbranched alkanes of at least 4 members (excludes halogenated alkanes) is 4. The minimum Gasteiger partial charge on any atom is -0.120 e. The number of hydrogen-bond donors (Lipinski definition) is 0. The van der Waals surface area contributed by atoms with Crippen molar-refractivity contribution in [2.24, 2.45) is 0 Å². The normalized spacial score (nSPS) is 7.40. The van der Waals surface area contributed by atoms with Gasteiger partial charge in [0.05, 0.1) is 0 Å². The highest BCUT2D eigenvalue weighted by Gasteiger charge is 1.81. The molecule has 0 spiro atoms. The van der Waals surface area contributed by atoms with E-state index in [4.69, 9.17) is 6.42 Å². The van der Waals surface area contributed by atoms with Gasteiger partial charge in [-0.2, -0.15) is 0 Å². The minimum absolute atomic E-state index is 0.958. The first-order valence-corrected chi connectivity index (χ1v) is 4.35. The first-order valence-electron chi connectivity index (χ1n) is 4.35. The van der Waals surface area contributed by atoms with E-state index in [-0.39, 0.29) is 0 Å². The van der Waals surface area contributed by atoms with Crippen LogP contribution in [0.4, 0.5) is 0 Å². The predicted molar refractivity (Wildman–Crippen MR) is 48.9 cm³/mol. The maximum atomic E-state index is 5.06. The van der Waals surface area contributed by atoms with Gasteiger partial charge in [-0.1, -0.05) is 40.0 Å². The Morgan fingerprint density at radius 3 is 2.10 bits per heavy atom. The molecule has 0 aromatic heterocycles. The fourth-order valence-corrected chi connectivity index (χ4v) is 0.654. The molecule has 0 N–H and O–H groups in total. The van der Waals surface area contributed by atoms with E-state index in [1.54, 1.807) is 0 Å². The smallest absolute Gasteiger partial charge is 0.00860 e. The second kappa shape index (κ2) is 15.8. The molecule has 0 radical (unpaired) electrons. The topological polar surface area (TPSA) is 0 Å². The molecule has 0 bridgehead atoms. The summed E-state index contributed by atoms with van der Waals surface area (Å²) < 4.78 is 0. The van der Waals surface area contributed by atoms with Crippen LogP contribution in [0.5, 0.6) is 0 Å². The monoisotopic (exact) mass is 140 g/mol. The molecule has 0 saturated carbocycles. The van der Waals surface area contributed by atoms with E-state index in [9.17, 15) is 0 Å². The van der Waals surface area contributed by atoms with Crippen LogP contribution in [0.3, 0.4) is 0 Å². The molecule has 0 saturated heterocycles. The van der Waals surface area contributed by atoms with Crippen molar-refractivity contribution in [3.8, 4) is 12.3 Å². The molecular formula is C10H20. The molecule has 0 fully saturated rings. The van der Waals surface area contributed by atoms with Crippen LogP contribution in [-0.2, 0) is 0 Å². The zero-order valence-corrected chi connectivity index (χ0v) is 7.61. The Bertz CT molecular complexity index is 66.6. The molecule has 0 aliphatic carbocycles. The molecule has 0 heterocycles. The van der Waals surface area contributed by atoms with Crippen molar-refractivity contribution in [3.63, 3.8) is 0 Å². The van der Waals surface area contributed by atoms with Gasteiger partial charge in [0.25, 0.3) is 0 Å². The van der Waals surface area contributed by atoms with Crippen LogP contribution in [0.15, 0.2) is 0 Å². The van der Waals surface area contributed by atoms with Crippen LogP contribution < -0.4 is 0 Å². The molecule has 10 heavy (non-hydrogen) atoms. The summed E-state index contributed by atoms with van der Waals surface area (Å²) in [6.45, 7) is 6.20. The van der Waals surface area contributed by atoms with Gasteiger partial charge in [0.1, 0.15) is 0 Å². The summed E-state index contributed by atoms with van der Waals surface area (Å²) >= 11 is 0. The summed E-state index contributed by atoms with van der Waals surface area (Å²) in [4.78, 5) is 0. The van der Waals surface area contributed by atoms with E-state index < -0.39 is 0 Å². The van der Waals surface area contributed by atoms with Crippen molar-refractivity contribution in [1.82, 2.24) is 0 Å². The molecule has 0 atom stereocenters. The molecule has 0 nitrogen and oxygen atoms in total. The molecule has 0 aromatic carbocycles. The van der Waals surface area contributed by atoms with E-state index in [2.05, 4.69) is 12.8 Å². The van der Waals surface area contributed by atoms with Crippen LogP contribution >= 0.6 is 0 Å². The Kier molecular flexibility index (Phi) is 19.4. The standard InChI is InChI=1S/C8H14.C2H6/c1-3-5-7-8-6-4-2;1-2/h1H,4-8H2,2H3;1-2H3. The quantitative estimate of drug-likeness (QED) is 0.413. The second-order valence-corrected chi connectivity index (χ2v) is 2.01. The van der Waals surface area contributed by atoms with Crippen LogP contribution in [0, 0.1) is 12.3 Å². The fraction of sp³-hybridized carbons (Fsp3) is 0.800. The lowest BCUT2D eigenvalue weighted by Gasteiger charge is -1.90. The van der Waals surface area contributed by atoms with Gasteiger partial charge in [-0.05, 0) is 6.42 Å². The van der Waals surface area contributed by atoms with Gasteiger partial charge < -0.3 is 0 Å². The Hall–Kier alpha value is -0.440. The maximum Gasteiger partial charge on any atom is 0.00860 e. The maximum absolute atomic E-state index is 5.06. The predicted octanol–water partition coefficient (Wildman–Crippen LogP) is 3.62. The lowest BCUT2D eigenvalue weighted by atomic mass is 10.2.